The third kappa shape index (κ3) is 3.89. The summed E-state index contributed by atoms with van der Waals surface area (Å²) >= 11 is 0. The normalized spacial score (nSPS) is 13.2. The zero-order valence-corrected chi connectivity index (χ0v) is 21.6. The van der Waals surface area contributed by atoms with E-state index in [1.54, 1.807) is 6.07 Å². The van der Waals surface area contributed by atoms with Gasteiger partial charge < -0.3 is 4.57 Å². The van der Waals surface area contributed by atoms with Crippen LogP contribution < -0.4 is 0 Å². The Hall–Kier alpha value is -3.28. The quantitative estimate of drug-likeness (QED) is 0.291. The van der Waals surface area contributed by atoms with Crippen LogP contribution in [0.5, 0.6) is 0 Å². The molecule has 35 heavy (non-hydrogen) atoms. The van der Waals surface area contributed by atoms with Crippen LogP contribution >= 0.6 is 0 Å². The average Bonchev–Trinajstić information content (AvgIpc) is 3.46. The van der Waals surface area contributed by atoms with E-state index in [1.165, 1.54) is 0 Å². The lowest BCUT2D eigenvalue weighted by atomic mass is 9.96. The summed E-state index contributed by atoms with van der Waals surface area (Å²) in [5.41, 5.74) is 9.66. The molecule has 1 aromatic carbocycles. The van der Waals surface area contributed by atoms with Gasteiger partial charge in [0.15, 0.2) is 5.82 Å². The van der Waals surface area contributed by atoms with Crippen LogP contribution in [0.15, 0.2) is 30.5 Å². The van der Waals surface area contributed by atoms with Crippen molar-refractivity contribution < 1.29 is 4.39 Å². The minimum atomic E-state index is -0.261. The van der Waals surface area contributed by atoms with Crippen LogP contribution in [0, 0.1) is 26.6 Å². The summed E-state index contributed by atoms with van der Waals surface area (Å²) in [4.78, 5) is 9.42. The molecule has 3 aromatic heterocycles. The lowest BCUT2D eigenvalue weighted by molar-refractivity contribution is 0.428. The van der Waals surface area contributed by atoms with Crippen molar-refractivity contribution in [3.05, 3.63) is 70.3 Å². The first-order valence-electron chi connectivity index (χ1n) is 12.7. The highest BCUT2D eigenvalue weighted by Crippen LogP contribution is 2.38. The van der Waals surface area contributed by atoms with E-state index in [-0.39, 0.29) is 5.82 Å². The lowest BCUT2D eigenvalue weighted by Crippen LogP contribution is -2.10. The van der Waals surface area contributed by atoms with Gasteiger partial charge in [-0.3, -0.25) is 9.67 Å². The fraction of sp³-hybridized carbons (Fsp3) is 0.414. The summed E-state index contributed by atoms with van der Waals surface area (Å²) in [5, 5.41) is 4.58. The zero-order chi connectivity index (χ0) is 24.9. The van der Waals surface area contributed by atoms with Crippen molar-refractivity contribution in [2.45, 2.75) is 72.8 Å². The highest BCUT2D eigenvalue weighted by molar-refractivity contribution is 5.90. The molecule has 5 nitrogen and oxygen atoms in total. The maximum atomic E-state index is 15.4. The average molecular weight is 472 g/mol. The molecule has 1 aliphatic rings. The Morgan fingerprint density at radius 1 is 1.03 bits per heavy atom. The predicted molar refractivity (Wildman–Crippen MR) is 140 cm³/mol. The minimum Gasteiger partial charge on any atom is -0.325 e. The number of aryl methyl sites for hydroxylation is 3. The molecule has 3 heterocycles. The number of hydrogen-bond acceptors (Lipinski definition) is 3. The van der Waals surface area contributed by atoms with Crippen LogP contribution in [-0.4, -0.2) is 24.3 Å². The fourth-order valence-corrected chi connectivity index (χ4v) is 5.75. The second kappa shape index (κ2) is 9.06. The molecule has 0 bridgehead atoms. The Kier molecular flexibility index (Phi) is 6.07. The first-order chi connectivity index (χ1) is 16.8. The van der Waals surface area contributed by atoms with E-state index in [9.17, 15) is 0 Å². The van der Waals surface area contributed by atoms with Gasteiger partial charge in [0.2, 0.25) is 0 Å². The van der Waals surface area contributed by atoms with Gasteiger partial charge >= 0.3 is 0 Å². The summed E-state index contributed by atoms with van der Waals surface area (Å²) in [5.74, 6) is 0.624. The van der Waals surface area contributed by atoms with Crippen molar-refractivity contribution in [3.8, 4) is 11.1 Å². The van der Waals surface area contributed by atoms with Crippen LogP contribution in [0.1, 0.15) is 79.6 Å². The molecule has 0 saturated carbocycles. The van der Waals surface area contributed by atoms with Gasteiger partial charge in [-0.05, 0) is 62.9 Å². The van der Waals surface area contributed by atoms with E-state index in [0.717, 1.165) is 88.4 Å². The summed E-state index contributed by atoms with van der Waals surface area (Å²) in [7, 11) is 1.96. The van der Waals surface area contributed by atoms with Crippen LogP contribution in [0.4, 0.5) is 4.39 Å². The largest absolute Gasteiger partial charge is 0.325 e. The van der Waals surface area contributed by atoms with Crippen LogP contribution in [0.25, 0.3) is 27.7 Å². The zero-order valence-electron chi connectivity index (χ0n) is 21.6. The molecule has 1 aliphatic carbocycles. The Balaban J connectivity index is 1.63. The van der Waals surface area contributed by atoms with Crippen LogP contribution in [0.3, 0.4) is 0 Å². The van der Waals surface area contributed by atoms with Gasteiger partial charge in [0.1, 0.15) is 11.3 Å². The van der Waals surface area contributed by atoms with E-state index < -0.39 is 0 Å². The third-order valence-electron chi connectivity index (χ3n) is 7.40. The first-order valence-corrected chi connectivity index (χ1v) is 12.7. The maximum absolute atomic E-state index is 15.4. The summed E-state index contributed by atoms with van der Waals surface area (Å²) in [6, 6.07) is 6.30. The van der Waals surface area contributed by atoms with E-state index in [0.29, 0.717) is 11.6 Å². The molecular formula is C29H34FN5. The highest BCUT2D eigenvalue weighted by atomic mass is 19.1. The van der Waals surface area contributed by atoms with Crippen molar-refractivity contribution in [2.24, 2.45) is 7.05 Å². The van der Waals surface area contributed by atoms with E-state index in [1.807, 2.05) is 31.8 Å². The smallest absolute Gasteiger partial charge is 0.151 e. The van der Waals surface area contributed by atoms with Gasteiger partial charge in [-0.2, -0.15) is 5.10 Å². The minimum absolute atomic E-state index is 0.261. The number of fused-ring (bicyclic) bond motifs is 2. The monoisotopic (exact) mass is 471 g/mol. The van der Waals surface area contributed by atoms with Gasteiger partial charge in [0.05, 0.1) is 16.9 Å². The predicted octanol–water partition coefficient (Wildman–Crippen LogP) is 7.03. The molecule has 0 N–H and O–H groups in total. The van der Waals surface area contributed by atoms with Crippen molar-refractivity contribution in [1.82, 2.24) is 24.3 Å². The van der Waals surface area contributed by atoms with Gasteiger partial charge in [0.25, 0.3) is 0 Å². The van der Waals surface area contributed by atoms with Crippen molar-refractivity contribution >= 4 is 16.6 Å². The Bertz CT molecular complexity index is 1450. The van der Waals surface area contributed by atoms with Gasteiger partial charge in [0, 0.05) is 48.1 Å². The number of nitrogens with zero attached hydrogens (tertiary/aromatic N) is 5. The molecule has 0 aliphatic heterocycles. The number of pyridine rings is 1. The van der Waals surface area contributed by atoms with Crippen molar-refractivity contribution in [1.29, 1.82) is 0 Å². The molecule has 0 saturated heterocycles. The number of hydrogen-bond donors (Lipinski definition) is 0. The Morgan fingerprint density at radius 2 is 1.77 bits per heavy atom. The molecule has 6 heteroatoms. The molecular weight excluding hydrogens is 437 g/mol. The van der Waals surface area contributed by atoms with E-state index in [4.69, 9.17) is 4.98 Å². The van der Waals surface area contributed by atoms with E-state index in [2.05, 4.69) is 53.6 Å². The topological polar surface area (TPSA) is 48.5 Å². The molecule has 5 rings (SSSR count). The molecule has 182 valence electrons. The SMILES string of the molecule is CCCC(CCC)n1c(C)nc2c(F)cc(C3=CCc4ncc(-c5c(C)nn(C)c5C)cc43)cc21. The number of rotatable bonds is 7. The van der Waals surface area contributed by atoms with Gasteiger partial charge in [-0.1, -0.05) is 32.8 Å². The van der Waals surface area contributed by atoms with Crippen LogP contribution in [-0.2, 0) is 13.5 Å². The number of aromatic nitrogens is 5. The summed E-state index contributed by atoms with van der Waals surface area (Å²) < 4.78 is 19.6. The third-order valence-corrected chi connectivity index (χ3v) is 7.40. The number of halogens is 1. The second-order valence-corrected chi connectivity index (χ2v) is 9.80. The second-order valence-electron chi connectivity index (χ2n) is 9.80. The molecule has 0 spiro atoms. The van der Waals surface area contributed by atoms with Crippen LogP contribution in [0.2, 0.25) is 0 Å². The van der Waals surface area contributed by atoms with Crippen molar-refractivity contribution in [3.63, 3.8) is 0 Å². The lowest BCUT2D eigenvalue weighted by Gasteiger charge is -2.20. The maximum Gasteiger partial charge on any atom is 0.151 e. The molecule has 0 radical (unpaired) electrons. The highest BCUT2D eigenvalue weighted by Gasteiger charge is 2.24. The Morgan fingerprint density at radius 3 is 2.43 bits per heavy atom. The number of allylic oxidation sites excluding steroid dienone is 1. The molecule has 4 aromatic rings. The molecule has 0 fully saturated rings. The van der Waals surface area contributed by atoms with E-state index >= 15 is 4.39 Å². The number of benzene rings is 1. The molecule has 0 atom stereocenters. The Labute approximate surface area is 206 Å². The molecule has 0 unspecified atom stereocenters. The fourth-order valence-electron chi connectivity index (χ4n) is 5.75. The molecule has 0 amide bonds. The number of imidazole rings is 1. The summed E-state index contributed by atoms with van der Waals surface area (Å²) in [6.45, 7) is 10.5. The van der Waals surface area contributed by atoms with Gasteiger partial charge in [-0.15, -0.1) is 0 Å². The first kappa shape index (κ1) is 23.5. The van der Waals surface area contributed by atoms with Gasteiger partial charge in [-0.25, -0.2) is 9.37 Å². The van der Waals surface area contributed by atoms with Crippen molar-refractivity contribution in [2.75, 3.05) is 0 Å². The standard InChI is InChI=1S/C29H34FN5/c1-7-9-22(10-8-2)35-19(5)32-29-25(30)14-20(15-27(29)35)23-11-12-26-24(23)13-21(16-31-26)28-17(3)33-34(6)18(28)4/h11,13-16,22H,7-10,12H2,1-6H3. The summed E-state index contributed by atoms with van der Waals surface area (Å²) in [6.07, 6.45) is 9.17.